The van der Waals surface area contributed by atoms with Crippen molar-refractivity contribution < 1.29 is 4.42 Å². The zero-order valence-corrected chi connectivity index (χ0v) is 4.49. The summed E-state index contributed by atoms with van der Waals surface area (Å²) < 4.78 is 4.49. The third kappa shape index (κ3) is 0.933. The van der Waals surface area contributed by atoms with Crippen LogP contribution in [-0.2, 0) is 0 Å². The predicted molar refractivity (Wildman–Crippen MR) is 25.1 cm³/mol. The molecule has 1 radical (unpaired) electrons. The van der Waals surface area contributed by atoms with E-state index in [1.165, 1.54) is 0 Å². The molecule has 1 aromatic heterocycles. The molecule has 0 fully saturated rings. The van der Waals surface area contributed by atoms with Crippen LogP contribution in [0.1, 0.15) is 5.69 Å². The molecule has 0 saturated carbocycles. The van der Waals surface area contributed by atoms with E-state index in [0.717, 1.165) is 0 Å². The van der Waals surface area contributed by atoms with Crippen molar-refractivity contribution in [3.63, 3.8) is 0 Å². The quantitative estimate of drug-likeness (QED) is 0.513. The fourth-order valence-electron chi connectivity index (χ4n) is 0.293. The van der Waals surface area contributed by atoms with Gasteiger partial charge < -0.3 is 4.42 Å². The summed E-state index contributed by atoms with van der Waals surface area (Å²) >= 11 is 5.25. The summed E-state index contributed by atoms with van der Waals surface area (Å²) in [5.41, 5.74) is 0.685. The van der Waals surface area contributed by atoms with Gasteiger partial charge in [-0.1, -0.05) is 0 Å². The second-order valence-electron chi connectivity index (χ2n) is 1.15. The molecule has 2 nitrogen and oxygen atoms in total. The summed E-state index contributed by atoms with van der Waals surface area (Å²) in [6.45, 7) is 1.76. The number of oxazole rings is 1. The van der Waals surface area contributed by atoms with Crippen molar-refractivity contribution in [2.24, 2.45) is 0 Å². The van der Waals surface area contributed by atoms with E-state index >= 15 is 0 Å². The van der Waals surface area contributed by atoms with Gasteiger partial charge in [0.2, 0.25) is 0 Å². The van der Waals surface area contributed by atoms with Gasteiger partial charge in [0.1, 0.15) is 0 Å². The van der Waals surface area contributed by atoms with Crippen LogP contribution in [0, 0.1) is 13.2 Å². The van der Waals surface area contributed by atoms with Gasteiger partial charge in [-0.15, -0.1) is 0 Å². The molecule has 3 heteroatoms. The Bertz CT molecular complexity index is 144. The third-order valence-electron chi connectivity index (χ3n) is 0.539. The Labute approximate surface area is 46.1 Å². The first-order valence-corrected chi connectivity index (χ1v) is 2.17. The fraction of sp³-hybridized carbons (Fsp3) is 0.250. The average molecular weight is 117 g/mol. The van der Waals surface area contributed by atoms with Gasteiger partial charge in [0.15, 0.2) is 6.26 Å². The first-order valence-electron chi connectivity index (χ1n) is 1.79. The van der Waals surface area contributed by atoms with E-state index in [1.54, 1.807) is 6.92 Å². The van der Waals surface area contributed by atoms with Gasteiger partial charge in [-0.05, 0) is 18.5 Å². The van der Waals surface area contributed by atoms with E-state index < -0.39 is 0 Å². The van der Waals surface area contributed by atoms with E-state index in [-0.39, 0.29) is 5.35 Å². The lowest BCUT2D eigenvalue weighted by atomic mass is 10.6. The van der Waals surface area contributed by atoms with Gasteiger partial charge in [0, 0.05) is 0 Å². The Balaban J connectivity index is 3.04. The van der Waals surface area contributed by atoms with E-state index in [2.05, 4.69) is 15.7 Å². The zero-order valence-electron chi connectivity index (χ0n) is 3.73. The summed E-state index contributed by atoms with van der Waals surface area (Å²) in [5, 5.41) is 0.150. The van der Waals surface area contributed by atoms with Crippen LogP contribution < -0.4 is 0 Å². The highest BCUT2D eigenvalue weighted by Crippen LogP contribution is 2.03. The number of nitrogens with zero attached hydrogens (tertiary/aromatic N) is 1. The van der Waals surface area contributed by atoms with Crippen LogP contribution in [0.25, 0.3) is 0 Å². The molecular weight excluding hydrogens is 114 g/mol. The molecule has 0 aliphatic rings. The number of rotatable bonds is 0. The Hall–Kier alpha value is -0.500. The summed E-state index contributed by atoms with van der Waals surface area (Å²) in [4.78, 5) is 3.65. The lowest BCUT2D eigenvalue weighted by Gasteiger charge is -1.65. The van der Waals surface area contributed by atoms with Crippen LogP contribution in [0.2, 0.25) is 5.35 Å². The normalized spacial score (nSPS) is 9.43. The molecule has 0 saturated heterocycles. The highest BCUT2D eigenvalue weighted by atomic mass is 35.5. The third-order valence-corrected chi connectivity index (χ3v) is 0.700. The Morgan fingerprint density at radius 3 is 2.71 bits per heavy atom. The van der Waals surface area contributed by atoms with Crippen molar-refractivity contribution in [2.45, 2.75) is 6.92 Å². The number of hydrogen-bond donors (Lipinski definition) is 0. The number of hydrogen-bond acceptors (Lipinski definition) is 2. The zero-order chi connectivity index (χ0) is 5.28. The molecule has 1 rings (SSSR count). The smallest absolute Gasteiger partial charge is 0.292 e. The summed E-state index contributed by atoms with van der Waals surface area (Å²) in [6.07, 6.45) is 2.45. The molecule has 0 N–H and O–H groups in total. The van der Waals surface area contributed by atoms with Crippen molar-refractivity contribution in [1.82, 2.24) is 4.98 Å². The molecule has 7 heavy (non-hydrogen) atoms. The van der Waals surface area contributed by atoms with E-state index in [4.69, 9.17) is 11.6 Å². The maximum absolute atomic E-state index is 5.25. The van der Waals surface area contributed by atoms with Gasteiger partial charge in [-0.25, -0.2) is 4.98 Å². The maximum Gasteiger partial charge on any atom is 0.292 e. The second-order valence-corrected chi connectivity index (χ2v) is 1.48. The predicted octanol–water partition coefficient (Wildman–Crippen LogP) is 1.44. The lowest BCUT2D eigenvalue weighted by molar-refractivity contribution is 0.550. The number of aryl methyl sites for hydroxylation is 1. The van der Waals surface area contributed by atoms with Crippen molar-refractivity contribution in [3.8, 4) is 0 Å². The van der Waals surface area contributed by atoms with Crippen molar-refractivity contribution >= 4 is 11.6 Å². The van der Waals surface area contributed by atoms with Gasteiger partial charge in [0.25, 0.3) is 5.35 Å². The van der Waals surface area contributed by atoms with Gasteiger partial charge in [-0.2, -0.15) is 0 Å². The highest BCUT2D eigenvalue weighted by Gasteiger charge is 1.91. The molecule has 37 valence electrons. The van der Waals surface area contributed by atoms with Crippen molar-refractivity contribution in [2.75, 3.05) is 0 Å². The Morgan fingerprint density at radius 2 is 2.57 bits per heavy atom. The molecule has 0 atom stereocenters. The van der Waals surface area contributed by atoms with E-state index in [1.807, 2.05) is 0 Å². The minimum Gasteiger partial charge on any atom is -0.424 e. The maximum atomic E-state index is 5.25. The molecule has 1 heterocycles. The molecule has 0 aliphatic carbocycles. The van der Waals surface area contributed by atoms with E-state index in [0.29, 0.717) is 5.69 Å². The molecule has 0 aliphatic heterocycles. The van der Waals surface area contributed by atoms with E-state index in [9.17, 15) is 0 Å². The monoisotopic (exact) mass is 116 g/mol. The minimum absolute atomic E-state index is 0.150. The van der Waals surface area contributed by atoms with Crippen molar-refractivity contribution in [3.05, 3.63) is 17.3 Å². The number of halogens is 1. The lowest BCUT2D eigenvalue weighted by Crippen LogP contribution is -1.63. The molecule has 0 amide bonds. The van der Waals surface area contributed by atoms with Crippen LogP contribution in [0.4, 0.5) is 0 Å². The fourth-order valence-corrected chi connectivity index (χ4v) is 0.459. The molecule has 0 bridgehead atoms. The number of aromatic nitrogens is 1. The SMILES string of the molecule is Cc1[c]oc(Cl)n1. The summed E-state index contributed by atoms with van der Waals surface area (Å²) in [5.74, 6) is 0. The first kappa shape index (κ1) is 4.65. The average Bonchev–Trinajstić information content (AvgIpc) is 1.87. The van der Waals surface area contributed by atoms with Crippen LogP contribution in [-0.4, -0.2) is 4.98 Å². The Morgan fingerprint density at radius 1 is 1.86 bits per heavy atom. The van der Waals surface area contributed by atoms with Gasteiger partial charge in [-0.3, -0.25) is 0 Å². The first-order chi connectivity index (χ1) is 3.29. The Kier molecular flexibility index (Phi) is 1.02. The molecule has 0 aromatic carbocycles. The second kappa shape index (κ2) is 1.54. The summed E-state index contributed by atoms with van der Waals surface area (Å²) in [6, 6.07) is 0. The highest BCUT2D eigenvalue weighted by molar-refractivity contribution is 6.27. The van der Waals surface area contributed by atoms with Crippen LogP contribution in [0.5, 0.6) is 0 Å². The molecule has 1 aromatic rings. The topological polar surface area (TPSA) is 26.0 Å². The standard InChI is InChI=1S/C4H3ClNO/c1-3-2-7-4(5)6-3/h1H3. The van der Waals surface area contributed by atoms with Gasteiger partial charge >= 0.3 is 0 Å². The summed E-state index contributed by atoms with van der Waals surface area (Å²) in [7, 11) is 0. The van der Waals surface area contributed by atoms with Crippen LogP contribution >= 0.6 is 11.6 Å². The van der Waals surface area contributed by atoms with Crippen molar-refractivity contribution in [1.29, 1.82) is 0 Å². The van der Waals surface area contributed by atoms with Crippen LogP contribution in [0.15, 0.2) is 4.42 Å². The molecule has 0 spiro atoms. The van der Waals surface area contributed by atoms with Gasteiger partial charge in [0.05, 0.1) is 5.69 Å². The van der Waals surface area contributed by atoms with Crippen LogP contribution in [0.3, 0.4) is 0 Å². The molecular formula is C4H3ClNO. The molecule has 0 unspecified atom stereocenters. The minimum atomic E-state index is 0.150. The largest absolute Gasteiger partial charge is 0.424 e.